The molecular weight excluding hydrogens is 398 g/mol. The fourth-order valence-electron chi connectivity index (χ4n) is 3.99. The van der Waals surface area contributed by atoms with E-state index in [4.69, 9.17) is 18.0 Å². The third-order valence-electron chi connectivity index (χ3n) is 5.63. The Morgan fingerprint density at radius 2 is 1.29 bits per heavy atom. The minimum atomic E-state index is -0.240. The van der Waals surface area contributed by atoms with Gasteiger partial charge in [0.15, 0.2) is 5.11 Å². The van der Waals surface area contributed by atoms with Crippen LogP contribution in [0.25, 0.3) is 10.8 Å². The molecule has 156 valence electrons. The topological polar surface area (TPSA) is 50.1 Å². The minimum Gasteiger partial charge on any atom is -0.356 e. The van der Waals surface area contributed by atoms with Crippen LogP contribution >= 0.6 is 12.2 Å². The van der Waals surface area contributed by atoms with Gasteiger partial charge in [0.05, 0.1) is 18.1 Å². The average Bonchev–Trinajstić information content (AvgIpc) is 2.83. The Kier molecular flexibility index (Phi) is 6.60. The van der Waals surface area contributed by atoms with Crippen LogP contribution in [0.15, 0.2) is 103 Å². The van der Waals surface area contributed by atoms with Gasteiger partial charge < -0.3 is 16.4 Å². The van der Waals surface area contributed by atoms with Crippen molar-refractivity contribution in [3.05, 3.63) is 120 Å². The Hall–Kier alpha value is -3.21. The van der Waals surface area contributed by atoms with Crippen molar-refractivity contribution in [2.45, 2.75) is 25.0 Å². The number of benzene rings is 4. The summed E-state index contributed by atoms with van der Waals surface area (Å²) < 4.78 is 0. The van der Waals surface area contributed by atoms with Gasteiger partial charge in [-0.25, -0.2) is 0 Å². The lowest BCUT2D eigenvalue weighted by Gasteiger charge is -2.28. The Labute approximate surface area is 189 Å². The normalized spacial score (nSPS) is 13.9. The van der Waals surface area contributed by atoms with Crippen LogP contribution in [0.4, 0.5) is 0 Å². The first-order chi connectivity index (χ1) is 15.1. The number of hydrogen-bond donors (Lipinski definition) is 3. The second-order valence-electron chi connectivity index (χ2n) is 7.73. The van der Waals surface area contributed by atoms with Crippen LogP contribution in [-0.2, 0) is 0 Å². The van der Waals surface area contributed by atoms with Gasteiger partial charge in [-0.05, 0) is 46.6 Å². The fourth-order valence-corrected chi connectivity index (χ4v) is 4.30. The highest BCUT2D eigenvalue weighted by Crippen LogP contribution is 2.28. The molecule has 4 aromatic rings. The molecule has 4 heteroatoms. The molecule has 0 amide bonds. The van der Waals surface area contributed by atoms with Crippen molar-refractivity contribution in [2.24, 2.45) is 5.73 Å². The maximum Gasteiger partial charge on any atom is 0.167 e. The first-order valence-corrected chi connectivity index (χ1v) is 10.9. The zero-order chi connectivity index (χ0) is 21.6. The molecule has 0 aromatic heterocycles. The zero-order valence-electron chi connectivity index (χ0n) is 17.5. The molecule has 0 heterocycles. The van der Waals surface area contributed by atoms with Crippen LogP contribution in [-0.4, -0.2) is 5.11 Å². The van der Waals surface area contributed by atoms with Gasteiger partial charge in [-0.2, -0.15) is 0 Å². The Morgan fingerprint density at radius 1 is 0.710 bits per heavy atom. The number of thiocarbonyl (C=S) groups is 1. The summed E-state index contributed by atoms with van der Waals surface area (Å²) in [4.78, 5) is 0. The van der Waals surface area contributed by atoms with Gasteiger partial charge in [-0.3, -0.25) is 0 Å². The summed E-state index contributed by atoms with van der Waals surface area (Å²) in [5.74, 6) is 0. The minimum absolute atomic E-state index is 0.0514. The van der Waals surface area contributed by atoms with E-state index in [9.17, 15) is 0 Å². The Morgan fingerprint density at radius 3 is 2.00 bits per heavy atom. The first-order valence-electron chi connectivity index (χ1n) is 10.5. The predicted octanol–water partition coefficient (Wildman–Crippen LogP) is 5.81. The molecule has 0 fully saturated rings. The SMILES string of the molecule is CC(NC(=S)NC(c1ccccc1)C(N)c1ccccc1)c1cccc2ccccc12. The van der Waals surface area contributed by atoms with E-state index < -0.39 is 0 Å². The molecule has 4 rings (SSSR count). The van der Waals surface area contributed by atoms with E-state index >= 15 is 0 Å². The smallest absolute Gasteiger partial charge is 0.167 e. The summed E-state index contributed by atoms with van der Waals surface area (Å²) in [7, 11) is 0. The molecule has 0 spiro atoms. The lowest BCUT2D eigenvalue weighted by molar-refractivity contribution is 0.516. The molecule has 3 unspecified atom stereocenters. The average molecular weight is 426 g/mol. The molecule has 4 aromatic carbocycles. The lowest BCUT2D eigenvalue weighted by atomic mass is 9.94. The van der Waals surface area contributed by atoms with Crippen LogP contribution in [0.5, 0.6) is 0 Å². The van der Waals surface area contributed by atoms with Crippen LogP contribution in [0.2, 0.25) is 0 Å². The molecule has 0 aliphatic rings. The van der Waals surface area contributed by atoms with Gasteiger partial charge in [0.25, 0.3) is 0 Å². The highest BCUT2D eigenvalue weighted by Gasteiger charge is 2.23. The van der Waals surface area contributed by atoms with Gasteiger partial charge in [0, 0.05) is 0 Å². The summed E-state index contributed by atoms with van der Waals surface area (Å²) in [6.45, 7) is 2.13. The maximum absolute atomic E-state index is 6.69. The van der Waals surface area contributed by atoms with E-state index in [1.165, 1.54) is 16.3 Å². The van der Waals surface area contributed by atoms with E-state index in [1.807, 2.05) is 36.4 Å². The molecule has 0 saturated heterocycles. The second-order valence-corrected chi connectivity index (χ2v) is 8.14. The van der Waals surface area contributed by atoms with Gasteiger partial charge in [0.1, 0.15) is 0 Å². The third kappa shape index (κ3) is 4.93. The van der Waals surface area contributed by atoms with E-state index in [0.717, 1.165) is 11.1 Å². The second kappa shape index (κ2) is 9.73. The van der Waals surface area contributed by atoms with Crippen molar-refractivity contribution in [3.8, 4) is 0 Å². The molecule has 3 atom stereocenters. The largest absolute Gasteiger partial charge is 0.356 e. The Balaban J connectivity index is 1.55. The van der Waals surface area contributed by atoms with E-state index in [-0.39, 0.29) is 18.1 Å². The van der Waals surface area contributed by atoms with E-state index in [0.29, 0.717) is 5.11 Å². The first kappa shape index (κ1) is 21.0. The van der Waals surface area contributed by atoms with Crippen molar-refractivity contribution in [1.82, 2.24) is 10.6 Å². The summed E-state index contributed by atoms with van der Waals surface area (Å²) in [6, 6.07) is 34.8. The van der Waals surface area contributed by atoms with Crippen molar-refractivity contribution < 1.29 is 0 Å². The van der Waals surface area contributed by atoms with E-state index in [1.54, 1.807) is 0 Å². The van der Waals surface area contributed by atoms with Crippen LogP contribution in [0.3, 0.4) is 0 Å². The predicted molar refractivity (Wildman–Crippen MR) is 134 cm³/mol. The monoisotopic (exact) mass is 425 g/mol. The summed E-state index contributed by atoms with van der Waals surface area (Å²) >= 11 is 5.72. The van der Waals surface area contributed by atoms with Crippen LogP contribution in [0.1, 0.15) is 41.7 Å². The summed E-state index contributed by atoms with van der Waals surface area (Å²) in [5.41, 5.74) is 10.1. The fraction of sp³-hybridized carbons (Fsp3) is 0.148. The molecule has 0 bridgehead atoms. The van der Waals surface area contributed by atoms with Crippen LogP contribution in [0, 0.1) is 0 Å². The number of rotatable bonds is 6. The van der Waals surface area contributed by atoms with Gasteiger partial charge in [-0.1, -0.05) is 103 Å². The van der Waals surface area contributed by atoms with Crippen molar-refractivity contribution in [1.29, 1.82) is 0 Å². The standard InChI is InChI=1S/C27H27N3S/c1-19(23-18-10-16-20-11-8-9-17-24(20)23)29-27(31)30-26(22-14-6-3-7-15-22)25(28)21-12-4-2-5-13-21/h2-19,25-26H,28H2,1H3,(H2,29,30,31). The molecule has 31 heavy (non-hydrogen) atoms. The lowest BCUT2D eigenvalue weighted by Crippen LogP contribution is -2.42. The molecule has 0 aliphatic heterocycles. The van der Waals surface area contributed by atoms with Crippen molar-refractivity contribution in [3.63, 3.8) is 0 Å². The van der Waals surface area contributed by atoms with Gasteiger partial charge in [0.2, 0.25) is 0 Å². The third-order valence-corrected chi connectivity index (χ3v) is 5.86. The Bertz CT molecular complexity index is 1140. The maximum atomic E-state index is 6.69. The van der Waals surface area contributed by atoms with Gasteiger partial charge >= 0.3 is 0 Å². The number of fused-ring (bicyclic) bond motifs is 1. The molecule has 3 nitrogen and oxygen atoms in total. The van der Waals surface area contributed by atoms with E-state index in [2.05, 4.69) is 84.3 Å². The quantitative estimate of drug-likeness (QED) is 0.341. The molecule has 4 N–H and O–H groups in total. The molecule has 0 aliphatic carbocycles. The number of hydrogen-bond acceptors (Lipinski definition) is 2. The van der Waals surface area contributed by atoms with Crippen molar-refractivity contribution in [2.75, 3.05) is 0 Å². The highest BCUT2D eigenvalue weighted by atomic mass is 32.1. The van der Waals surface area contributed by atoms with Crippen molar-refractivity contribution >= 4 is 28.1 Å². The number of nitrogens with one attached hydrogen (secondary N) is 2. The zero-order valence-corrected chi connectivity index (χ0v) is 18.3. The van der Waals surface area contributed by atoms with Gasteiger partial charge in [-0.15, -0.1) is 0 Å². The molecular formula is C27H27N3S. The molecule has 0 radical (unpaired) electrons. The number of nitrogens with two attached hydrogens (primary N) is 1. The molecule has 0 saturated carbocycles. The summed E-state index contributed by atoms with van der Waals surface area (Å²) in [6.07, 6.45) is 0. The van der Waals surface area contributed by atoms with Crippen LogP contribution < -0.4 is 16.4 Å². The summed E-state index contributed by atoms with van der Waals surface area (Å²) in [5, 5.41) is 9.97. The highest BCUT2D eigenvalue weighted by molar-refractivity contribution is 7.80.